The Kier molecular flexibility index (Phi) is 4.37. The van der Waals surface area contributed by atoms with Gasteiger partial charge in [0.15, 0.2) is 5.78 Å². The van der Waals surface area contributed by atoms with Gasteiger partial charge < -0.3 is 9.64 Å². The fourth-order valence-electron chi connectivity index (χ4n) is 2.53. The first-order chi connectivity index (χ1) is 8.68. The van der Waals surface area contributed by atoms with Gasteiger partial charge in [-0.1, -0.05) is 12.1 Å². The lowest BCUT2D eigenvalue weighted by molar-refractivity contribution is 0.101. The molecule has 1 aromatic carbocycles. The molecule has 0 aliphatic carbocycles. The molecule has 98 valence electrons. The monoisotopic (exact) mass is 247 g/mol. The van der Waals surface area contributed by atoms with Gasteiger partial charge in [-0.25, -0.2) is 0 Å². The minimum atomic E-state index is 0.0589. The van der Waals surface area contributed by atoms with Crippen molar-refractivity contribution in [3.63, 3.8) is 0 Å². The largest absolute Gasteiger partial charge is 0.493 e. The highest BCUT2D eigenvalue weighted by atomic mass is 16.5. The maximum Gasteiger partial charge on any atom is 0.163 e. The molecule has 3 nitrogen and oxygen atoms in total. The number of rotatable bonds is 5. The van der Waals surface area contributed by atoms with Crippen molar-refractivity contribution in [2.75, 3.05) is 20.2 Å². The maximum absolute atomic E-state index is 11.4. The summed E-state index contributed by atoms with van der Waals surface area (Å²) in [6, 6.07) is 8.10. The minimum Gasteiger partial charge on any atom is -0.493 e. The second-order valence-corrected chi connectivity index (χ2v) is 4.97. The maximum atomic E-state index is 11.4. The first-order valence-corrected chi connectivity index (χ1v) is 6.61. The van der Waals surface area contributed by atoms with E-state index in [4.69, 9.17) is 4.74 Å². The summed E-state index contributed by atoms with van der Waals surface area (Å²) in [4.78, 5) is 13.8. The van der Waals surface area contributed by atoms with Gasteiger partial charge in [-0.15, -0.1) is 0 Å². The molecule has 1 atom stereocenters. The van der Waals surface area contributed by atoms with E-state index in [-0.39, 0.29) is 5.78 Å². The highest BCUT2D eigenvalue weighted by Crippen LogP contribution is 2.21. The summed E-state index contributed by atoms with van der Waals surface area (Å²) in [5, 5.41) is 0. The summed E-state index contributed by atoms with van der Waals surface area (Å²) < 4.78 is 5.76. The molecule has 0 spiro atoms. The van der Waals surface area contributed by atoms with Crippen molar-refractivity contribution < 1.29 is 9.53 Å². The summed E-state index contributed by atoms with van der Waals surface area (Å²) in [5.74, 6) is 0.772. The molecule has 0 bridgehead atoms. The van der Waals surface area contributed by atoms with Crippen LogP contribution in [0.25, 0.3) is 0 Å². The van der Waals surface area contributed by atoms with E-state index < -0.39 is 0 Å². The third-order valence-corrected chi connectivity index (χ3v) is 3.65. The van der Waals surface area contributed by atoms with Gasteiger partial charge in [-0.05, 0) is 51.9 Å². The predicted octanol–water partition coefficient (Wildman–Crippen LogP) is 2.75. The van der Waals surface area contributed by atoms with E-state index in [2.05, 4.69) is 11.9 Å². The van der Waals surface area contributed by atoms with Crippen LogP contribution in [-0.2, 0) is 0 Å². The van der Waals surface area contributed by atoms with Crippen molar-refractivity contribution in [3.05, 3.63) is 29.8 Å². The average Bonchev–Trinajstić information content (AvgIpc) is 2.76. The van der Waals surface area contributed by atoms with Crippen molar-refractivity contribution >= 4 is 5.78 Å². The van der Waals surface area contributed by atoms with Crippen LogP contribution in [0.4, 0.5) is 0 Å². The fourth-order valence-corrected chi connectivity index (χ4v) is 2.53. The summed E-state index contributed by atoms with van der Waals surface area (Å²) in [6.07, 6.45) is 3.57. The number of hydrogen-bond acceptors (Lipinski definition) is 3. The Balaban J connectivity index is 1.88. The van der Waals surface area contributed by atoms with E-state index >= 15 is 0 Å². The number of likely N-dealkylation sites (tertiary alicyclic amines) is 1. The average molecular weight is 247 g/mol. The Bertz CT molecular complexity index is 417. The van der Waals surface area contributed by atoms with E-state index in [0.717, 1.165) is 6.42 Å². The van der Waals surface area contributed by atoms with Crippen LogP contribution in [0.15, 0.2) is 24.3 Å². The molecule has 0 amide bonds. The van der Waals surface area contributed by atoms with E-state index in [1.54, 1.807) is 6.92 Å². The van der Waals surface area contributed by atoms with Gasteiger partial charge in [0.25, 0.3) is 0 Å². The zero-order valence-corrected chi connectivity index (χ0v) is 11.2. The van der Waals surface area contributed by atoms with Gasteiger partial charge in [-0.3, -0.25) is 4.79 Å². The van der Waals surface area contributed by atoms with Crippen molar-refractivity contribution in [3.8, 4) is 5.75 Å². The molecule has 1 aliphatic rings. The summed E-state index contributed by atoms with van der Waals surface area (Å²) >= 11 is 0. The lowest BCUT2D eigenvalue weighted by Gasteiger charge is -2.19. The van der Waals surface area contributed by atoms with Gasteiger partial charge >= 0.3 is 0 Å². The van der Waals surface area contributed by atoms with Crippen LogP contribution in [0.1, 0.15) is 36.5 Å². The molecule has 2 rings (SSSR count). The van der Waals surface area contributed by atoms with Crippen LogP contribution in [0.2, 0.25) is 0 Å². The zero-order chi connectivity index (χ0) is 13.0. The molecule has 18 heavy (non-hydrogen) atoms. The molecule has 1 aliphatic heterocycles. The van der Waals surface area contributed by atoms with Gasteiger partial charge in [0.05, 0.1) is 12.2 Å². The Morgan fingerprint density at radius 2 is 2.22 bits per heavy atom. The molecule has 3 heteroatoms. The Labute approximate surface area is 109 Å². The molecule has 1 aromatic rings. The van der Waals surface area contributed by atoms with Crippen molar-refractivity contribution in [2.45, 2.75) is 32.2 Å². The number of carbonyl (C=O) groups excluding carboxylic acids is 1. The zero-order valence-electron chi connectivity index (χ0n) is 11.2. The molecular formula is C15H21NO2. The highest BCUT2D eigenvalue weighted by molar-refractivity contribution is 5.96. The summed E-state index contributed by atoms with van der Waals surface area (Å²) in [6.45, 7) is 3.45. The van der Waals surface area contributed by atoms with Crippen molar-refractivity contribution in [1.82, 2.24) is 4.90 Å². The normalized spacial score (nSPS) is 20.0. The van der Waals surface area contributed by atoms with E-state index in [0.29, 0.717) is 24.0 Å². The minimum absolute atomic E-state index is 0.0589. The molecule has 1 saturated heterocycles. The molecule has 1 fully saturated rings. The molecular weight excluding hydrogens is 226 g/mol. The van der Waals surface area contributed by atoms with E-state index in [1.807, 2.05) is 24.3 Å². The van der Waals surface area contributed by atoms with Gasteiger partial charge in [0.2, 0.25) is 0 Å². The lowest BCUT2D eigenvalue weighted by Crippen LogP contribution is -2.26. The van der Waals surface area contributed by atoms with Crippen LogP contribution in [0.3, 0.4) is 0 Å². The summed E-state index contributed by atoms with van der Waals surface area (Å²) in [7, 11) is 2.17. The van der Waals surface area contributed by atoms with E-state index in [1.165, 1.54) is 19.4 Å². The first kappa shape index (κ1) is 13.1. The lowest BCUT2D eigenvalue weighted by atomic mass is 10.1. The number of hydrogen-bond donors (Lipinski definition) is 0. The van der Waals surface area contributed by atoms with Gasteiger partial charge in [0, 0.05) is 6.04 Å². The topological polar surface area (TPSA) is 29.5 Å². The van der Waals surface area contributed by atoms with Crippen molar-refractivity contribution in [2.24, 2.45) is 0 Å². The molecule has 0 N–H and O–H groups in total. The second-order valence-electron chi connectivity index (χ2n) is 4.97. The van der Waals surface area contributed by atoms with Crippen LogP contribution < -0.4 is 4.74 Å². The number of carbonyl (C=O) groups is 1. The number of benzene rings is 1. The molecule has 1 heterocycles. The number of ketones is 1. The molecule has 0 aromatic heterocycles. The predicted molar refractivity (Wildman–Crippen MR) is 72.2 cm³/mol. The molecule has 0 radical (unpaired) electrons. The van der Waals surface area contributed by atoms with Crippen LogP contribution in [-0.4, -0.2) is 36.9 Å². The fraction of sp³-hybridized carbons (Fsp3) is 0.533. The standard InChI is InChI=1S/C15H21NO2/c1-12(17)14-7-3-4-8-15(14)18-11-9-13-6-5-10-16(13)2/h3-4,7-8,13H,5-6,9-11H2,1-2H3. The first-order valence-electron chi connectivity index (χ1n) is 6.61. The molecule has 1 unspecified atom stereocenters. The van der Waals surface area contributed by atoms with Gasteiger partial charge in [0.1, 0.15) is 5.75 Å². The smallest absolute Gasteiger partial charge is 0.163 e. The third kappa shape index (κ3) is 3.10. The Morgan fingerprint density at radius 3 is 2.89 bits per heavy atom. The number of nitrogens with zero attached hydrogens (tertiary/aromatic N) is 1. The highest BCUT2D eigenvalue weighted by Gasteiger charge is 2.20. The second kappa shape index (κ2) is 6.01. The SMILES string of the molecule is CC(=O)c1ccccc1OCCC1CCCN1C. The Hall–Kier alpha value is -1.35. The number of ether oxygens (including phenoxy) is 1. The van der Waals surface area contributed by atoms with Crippen LogP contribution >= 0.6 is 0 Å². The van der Waals surface area contributed by atoms with E-state index in [9.17, 15) is 4.79 Å². The van der Waals surface area contributed by atoms with Gasteiger partial charge in [-0.2, -0.15) is 0 Å². The van der Waals surface area contributed by atoms with Crippen LogP contribution in [0, 0.1) is 0 Å². The Morgan fingerprint density at radius 1 is 1.44 bits per heavy atom. The summed E-state index contributed by atoms with van der Waals surface area (Å²) in [5.41, 5.74) is 0.678. The number of Topliss-reactive ketones (excluding diaryl/α,β-unsaturated/α-hetero) is 1. The molecule has 0 saturated carbocycles. The van der Waals surface area contributed by atoms with Crippen LogP contribution in [0.5, 0.6) is 5.75 Å². The number of para-hydroxylation sites is 1. The van der Waals surface area contributed by atoms with Crippen molar-refractivity contribution in [1.29, 1.82) is 0 Å². The quantitative estimate of drug-likeness (QED) is 0.749. The third-order valence-electron chi connectivity index (χ3n) is 3.65.